The fourth-order valence-corrected chi connectivity index (χ4v) is 8.66. The average Bonchev–Trinajstić information content (AvgIpc) is 3.20. The standard InChI is InChI=1S/C30H37ClF2N4O3S/c1-28(2,33)18-36(5)27(38)25-29(3,4)35-26(34-25)21-16-30(14-13-22(21)30)37(17-19-11-12-23(31)24(32)15-19)41(39,40)20-9-7-6-8-10-20/h6-12,15,21-22,25H,13-14,16-18H2,1-5H3,(H,34,35)/t21?,22?,25-,30?/m0/s1. The lowest BCUT2D eigenvalue weighted by atomic mass is 9.47. The molecule has 41 heavy (non-hydrogen) atoms. The van der Waals surface area contributed by atoms with Crippen LogP contribution in [0.4, 0.5) is 8.78 Å². The van der Waals surface area contributed by atoms with E-state index < -0.39 is 38.6 Å². The normalized spacial score (nSPS) is 26.9. The van der Waals surface area contributed by atoms with Crippen molar-refractivity contribution in [1.29, 1.82) is 0 Å². The van der Waals surface area contributed by atoms with Gasteiger partial charge in [0.1, 0.15) is 23.4 Å². The molecule has 7 nitrogen and oxygen atoms in total. The lowest BCUT2D eigenvalue weighted by Gasteiger charge is -2.66. The van der Waals surface area contributed by atoms with E-state index in [4.69, 9.17) is 16.6 Å². The first kappa shape index (κ1) is 29.9. The first-order chi connectivity index (χ1) is 19.0. The molecule has 1 aliphatic heterocycles. The summed E-state index contributed by atoms with van der Waals surface area (Å²) in [4.78, 5) is 19.7. The SMILES string of the molecule is CN(CC(C)(C)F)C(=O)[C@@H]1NC(C2CC3(N(Cc4ccc(Cl)c(F)c4)S(=O)(=O)c4ccccc4)CCC23)=NC1(C)C. The number of hydrogen-bond donors (Lipinski definition) is 1. The number of nitrogens with zero attached hydrogens (tertiary/aromatic N) is 3. The van der Waals surface area contributed by atoms with Gasteiger partial charge in [0.25, 0.3) is 0 Å². The molecular formula is C30H37ClF2N4O3S. The molecule has 0 spiro atoms. The summed E-state index contributed by atoms with van der Waals surface area (Å²) in [7, 11) is -2.33. The van der Waals surface area contributed by atoms with Crippen molar-refractivity contribution in [3.8, 4) is 0 Å². The molecule has 3 unspecified atom stereocenters. The topological polar surface area (TPSA) is 82.1 Å². The smallest absolute Gasteiger partial charge is 0.247 e. The van der Waals surface area contributed by atoms with Gasteiger partial charge in [0, 0.05) is 25.0 Å². The molecule has 1 N–H and O–H groups in total. The number of halogens is 3. The molecule has 5 rings (SSSR count). The molecule has 0 bridgehead atoms. The Balaban J connectivity index is 1.41. The zero-order valence-corrected chi connectivity index (χ0v) is 25.6. The molecule has 1 heterocycles. The molecule has 2 aromatic carbocycles. The van der Waals surface area contributed by atoms with Crippen LogP contribution >= 0.6 is 11.6 Å². The van der Waals surface area contributed by atoms with Crippen LogP contribution in [0.5, 0.6) is 0 Å². The third-order valence-electron chi connectivity index (χ3n) is 8.77. The molecule has 2 fully saturated rings. The zero-order valence-electron chi connectivity index (χ0n) is 24.0. The van der Waals surface area contributed by atoms with Crippen molar-refractivity contribution in [2.24, 2.45) is 16.8 Å². The van der Waals surface area contributed by atoms with Gasteiger partial charge in [-0.15, -0.1) is 0 Å². The van der Waals surface area contributed by atoms with Crippen LogP contribution in [-0.4, -0.2) is 65.7 Å². The average molecular weight is 607 g/mol. The quantitative estimate of drug-likeness (QED) is 0.426. The van der Waals surface area contributed by atoms with Crippen LogP contribution in [-0.2, 0) is 21.4 Å². The molecule has 0 saturated heterocycles. The first-order valence-electron chi connectivity index (χ1n) is 13.9. The van der Waals surface area contributed by atoms with Crippen LogP contribution in [0.2, 0.25) is 5.02 Å². The van der Waals surface area contributed by atoms with Crippen molar-refractivity contribution in [2.75, 3.05) is 13.6 Å². The van der Waals surface area contributed by atoms with Gasteiger partial charge < -0.3 is 10.2 Å². The highest BCUT2D eigenvalue weighted by molar-refractivity contribution is 7.89. The first-order valence-corrected chi connectivity index (χ1v) is 15.7. The number of rotatable bonds is 9. The van der Waals surface area contributed by atoms with Gasteiger partial charge in [-0.05, 0) is 82.7 Å². The van der Waals surface area contributed by atoms with Gasteiger partial charge in [-0.2, -0.15) is 4.31 Å². The highest BCUT2D eigenvalue weighted by atomic mass is 35.5. The van der Waals surface area contributed by atoms with Gasteiger partial charge in [-0.3, -0.25) is 9.79 Å². The maximum atomic E-state index is 14.3. The van der Waals surface area contributed by atoms with Crippen LogP contribution in [0.15, 0.2) is 58.4 Å². The van der Waals surface area contributed by atoms with Gasteiger partial charge >= 0.3 is 0 Å². The number of alkyl halides is 1. The molecule has 3 aliphatic rings. The number of carbonyl (C=O) groups is 1. The van der Waals surface area contributed by atoms with E-state index in [1.165, 1.54) is 35.2 Å². The second-order valence-electron chi connectivity index (χ2n) is 12.8. The molecule has 2 saturated carbocycles. The summed E-state index contributed by atoms with van der Waals surface area (Å²) in [5.41, 5.74) is -2.42. The summed E-state index contributed by atoms with van der Waals surface area (Å²) >= 11 is 5.89. The summed E-state index contributed by atoms with van der Waals surface area (Å²) in [6.45, 7) is 6.58. The van der Waals surface area contributed by atoms with Crippen molar-refractivity contribution < 1.29 is 22.0 Å². The van der Waals surface area contributed by atoms with Crippen molar-refractivity contribution in [1.82, 2.24) is 14.5 Å². The molecule has 2 aromatic rings. The number of sulfonamides is 1. The van der Waals surface area contributed by atoms with E-state index in [-0.39, 0.29) is 40.8 Å². The number of carbonyl (C=O) groups excluding carboxylic acids is 1. The zero-order chi connectivity index (χ0) is 30.0. The molecule has 0 radical (unpaired) electrons. The van der Waals surface area contributed by atoms with Crippen molar-refractivity contribution >= 4 is 33.4 Å². The molecule has 1 amide bonds. The van der Waals surface area contributed by atoms with Gasteiger partial charge in [-0.1, -0.05) is 35.9 Å². The number of amidine groups is 1. The third-order valence-corrected chi connectivity index (χ3v) is 11.0. The summed E-state index contributed by atoms with van der Waals surface area (Å²) in [5, 5.41) is 3.31. The summed E-state index contributed by atoms with van der Waals surface area (Å²) in [6.07, 6.45) is 2.00. The maximum Gasteiger partial charge on any atom is 0.247 e. The van der Waals surface area contributed by atoms with Crippen LogP contribution < -0.4 is 5.32 Å². The van der Waals surface area contributed by atoms with E-state index in [0.717, 1.165) is 6.42 Å². The third kappa shape index (κ3) is 5.39. The Hall–Kier alpha value is -2.56. The minimum atomic E-state index is -3.92. The Morgan fingerprint density at radius 2 is 1.88 bits per heavy atom. The Morgan fingerprint density at radius 3 is 2.44 bits per heavy atom. The Bertz CT molecular complexity index is 1480. The predicted molar refractivity (Wildman–Crippen MR) is 155 cm³/mol. The monoisotopic (exact) mass is 606 g/mol. The number of hydrogen-bond acceptors (Lipinski definition) is 5. The molecule has 11 heteroatoms. The number of amides is 1. The molecule has 2 aliphatic carbocycles. The van der Waals surface area contributed by atoms with Crippen molar-refractivity contribution in [3.05, 3.63) is 64.9 Å². The largest absolute Gasteiger partial charge is 0.360 e. The molecule has 4 atom stereocenters. The molecule has 222 valence electrons. The highest BCUT2D eigenvalue weighted by Crippen LogP contribution is 2.63. The second kappa shape index (κ2) is 10.3. The minimum Gasteiger partial charge on any atom is -0.360 e. The molecular weight excluding hydrogens is 570 g/mol. The Kier molecular flexibility index (Phi) is 7.52. The van der Waals surface area contributed by atoms with Crippen molar-refractivity contribution in [3.63, 3.8) is 0 Å². The number of benzene rings is 2. The lowest BCUT2D eigenvalue weighted by molar-refractivity contribution is -0.134. The van der Waals surface area contributed by atoms with E-state index in [2.05, 4.69) is 5.32 Å². The number of likely N-dealkylation sites (N-methyl/N-ethyl adjacent to an activating group) is 1. The number of nitrogens with one attached hydrogen (secondary N) is 1. The van der Waals surface area contributed by atoms with Gasteiger partial charge in [0.2, 0.25) is 15.9 Å². The van der Waals surface area contributed by atoms with E-state index in [9.17, 15) is 22.0 Å². The van der Waals surface area contributed by atoms with E-state index in [0.29, 0.717) is 24.2 Å². The fraction of sp³-hybridized carbons (Fsp3) is 0.533. The van der Waals surface area contributed by atoms with Crippen LogP contribution in [0.3, 0.4) is 0 Å². The van der Waals surface area contributed by atoms with Crippen LogP contribution in [0, 0.1) is 17.7 Å². The summed E-state index contributed by atoms with van der Waals surface area (Å²) in [6, 6.07) is 12.0. The lowest BCUT2D eigenvalue weighted by Crippen LogP contribution is -2.73. The predicted octanol–water partition coefficient (Wildman–Crippen LogP) is 5.19. The minimum absolute atomic E-state index is 0.00482. The second-order valence-corrected chi connectivity index (χ2v) is 15.0. The molecule has 0 aromatic heterocycles. The summed E-state index contributed by atoms with van der Waals surface area (Å²) in [5.74, 6) is -0.220. The van der Waals surface area contributed by atoms with Crippen LogP contribution in [0.1, 0.15) is 52.5 Å². The van der Waals surface area contributed by atoms with Crippen LogP contribution in [0.25, 0.3) is 0 Å². The van der Waals surface area contributed by atoms with Gasteiger partial charge in [-0.25, -0.2) is 17.2 Å². The fourth-order valence-electron chi connectivity index (χ4n) is 6.69. The highest BCUT2D eigenvalue weighted by Gasteiger charge is 2.67. The van der Waals surface area contributed by atoms with Crippen molar-refractivity contribution in [2.45, 2.75) is 81.2 Å². The van der Waals surface area contributed by atoms with E-state index in [1.807, 2.05) is 13.8 Å². The maximum absolute atomic E-state index is 14.3. The van der Waals surface area contributed by atoms with Gasteiger partial charge in [0.15, 0.2) is 0 Å². The van der Waals surface area contributed by atoms with E-state index in [1.54, 1.807) is 43.4 Å². The van der Waals surface area contributed by atoms with Gasteiger partial charge in [0.05, 0.1) is 22.0 Å². The van der Waals surface area contributed by atoms with E-state index >= 15 is 0 Å². The Morgan fingerprint density at radius 1 is 1.20 bits per heavy atom. The number of fused-ring (bicyclic) bond motifs is 1. The number of aliphatic imine (C=N–C) groups is 1. The summed E-state index contributed by atoms with van der Waals surface area (Å²) < 4.78 is 58.2. The Labute approximate surface area is 246 Å².